The predicted molar refractivity (Wildman–Crippen MR) is 142 cm³/mol. The molecule has 190 valence electrons. The first-order chi connectivity index (χ1) is 18.0. The molecule has 3 aromatic carbocycles. The van der Waals surface area contributed by atoms with Crippen LogP contribution in [-0.4, -0.2) is 33.8 Å². The van der Waals surface area contributed by atoms with Gasteiger partial charge in [0.15, 0.2) is 0 Å². The second-order valence-electron chi connectivity index (χ2n) is 8.35. The Labute approximate surface area is 220 Å². The molecule has 0 fully saturated rings. The van der Waals surface area contributed by atoms with Crippen molar-refractivity contribution in [2.75, 3.05) is 6.61 Å². The van der Waals surface area contributed by atoms with Gasteiger partial charge in [0.2, 0.25) is 0 Å². The van der Waals surface area contributed by atoms with Gasteiger partial charge in [0.1, 0.15) is 30.8 Å². The van der Waals surface area contributed by atoms with Gasteiger partial charge in [-0.15, -0.1) is 0 Å². The lowest BCUT2D eigenvalue weighted by molar-refractivity contribution is -0.140. The number of aliphatic hydroxyl groups excluding tert-OH is 1. The van der Waals surface area contributed by atoms with Crippen LogP contribution in [-0.2, 0) is 24.6 Å². The number of aromatic nitrogens is 1. The van der Waals surface area contributed by atoms with Crippen LogP contribution in [0.15, 0.2) is 91.3 Å². The molecule has 3 N–H and O–H groups in total. The van der Waals surface area contributed by atoms with Gasteiger partial charge in [-0.05, 0) is 34.9 Å². The van der Waals surface area contributed by atoms with Gasteiger partial charge >= 0.3 is 5.97 Å². The SMILES string of the molecule is O=C(O)C(CO)NCc1cc(Cl)c(OCc2cccc(-c3ccccc3)c2)cc1OCc1cccnc1. The number of carboxylic acids is 1. The van der Waals surface area contributed by atoms with Gasteiger partial charge in [-0.1, -0.05) is 66.2 Å². The van der Waals surface area contributed by atoms with Crippen molar-refractivity contribution in [3.63, 3.8) is 0 Å². The van der Waals surface area contributed by atoms with Crippen LogP contribution in [0.25, 0.3) is 11.1 Å². The van der Waals surface area contributed by atoms with Gasteiger partial charge in [0.05, 0.1) is 11.6 Å². The van der Waals surface area contributed by atoms with E-state index < -0.39 is 18.6 Å². The smallest absolute Gasteiger partial charge is 0.323 e. The average Bonchev–Trinajstić information content (AvgIpc) is 2.93. The van der Waals surface area contributed by atoms with Crippen molar-refractivity contribution in [3.8, 4) is 22.6 Å². The lowest BCUT2D eigenvalue weighted by atomic mass is 10.0. The van der Waals surface area contributed by atoms with Crippen molar-refractivity contribution in [2.24, 2.45) is 0 Å². The van der Waals surface area contributed by atoms with Gasteiger partial charge in [-0.3, -0.25) is 15.1 Å². The van der Waals surface area contributed by atoms with E-state index >= 15 is 0 Å². The van der Waals surface area contributed by atoms with Gasteiger partial charge in [0, 0.05) is 36.1 Å². The molecule has 0 saturated heterocycles. The molecule has 0 amide bonds. The van der Waals surface area contributed by atoms with Crippen molar-refractivity contribution < 1.29 is 24.5 Å². The number of benzene rings is 3. The molecule has 0 aliphatic carbocycles. The zero-order chi connectivity index (χ0) is 26.0. The summed E-state index contributed by atoms with van der Waals surface area (Å²) in [5.41, 5.74) is 4.69. The molecule has 0 bridgehead atoms. The first kappa shape index (κ1) is 26.2. The molecule has 0 aliphatic rings. The Morgan fingerprint density at radius 3 is 2.35 bits per heavy atom. The molecule has 1 aromatic heterocycles. The number of rotatable bonds is 12. The molecule has 1 atom stereocenters. The third-order valence-electron chi connectivity index (χ3n) is 5.68. The normalized spacial score (nSPS) is 11.6. The number of nitrogens with zero attached hydrogens (tertiary/aromatic N) is 1. The van der Waals surface area contributed by atoms with Crippen molar-refractivity contribution in [2.45, 2.75) is 25.8 Å². The van der Waals surface area contributed by atoms with E-state index in [2.05, 4.69) is 34.6 Å². The van der Waals surface area contributed by atoms with Crippen LogP contribution < -0.4 is 14.8 Å². The summed E-state index contributed by atoms with van der Waals surface area (Å²) in [6.45, 7) is 0.131. The topological polar surface area (TPSA) is 101 Å². The minimum atomic E-state index is -1.15. The van der Waals surface area contributed by atoms with Crippen molar-refractivity contribution >= 4 is 17.6 Å². The molecule has 4 aromatic rings. The van der Waals surface area contributed by atoms with E-state index in [1.54, 1.807) is 24.5 Å². The summed E-state index contributed by atoms with van der Waals surface area (Å²) in [6.07, 6.45) is 3.39. The second kappa shape index (κ2) is 12.9. The van der Waals surface area contributed by atoms with Gasteiger partial charge in [-0.2, -0.15) is 0 Å². The summed E-state index contributed by atoms with van der Waals surface area (Å²) in [6, 6.07) is 24.2. The van der Waals surface area contributed by atoms with E-state index in [-0.39, 0.29) is 13.2 Å². The number of aliphatic carboxylic acids is 1. The molecule has 4 rings (SSSR count). The van der Waals surface area contributed by atoms with E-state index in [0.29, 0.717) is 28.7 Å². The molecule has 8 heteroatoms. The Kier molecular flexibility index (Phi) is 9.10. The van der Waals surface area contributed by atoms with E-state index in [1.165, 1.54) is 0 Å². The maximum absolute atomic E-state index is 11.3. The summed E-state index contributed by atoms with van der Waals surface area (Å²) in [5.74, 6) is -0.228. The van der Waals surface area contributed by atoms with Crippen molar-refractivity contribution in [3.05, 3.63) is 113 Å². The third-order valence-corrected chi connectivity index (χ3v) is 5.98. The quantitative estimate of drug-likeness (QED) is 0.240. The van der Waals surface area contributed by atoms with E-state index in [0.717, 1.165) is 22.3 Å². The third kappa shape index (κ3) is 7.30. The lowest BCUT2D eigenvalue weighted by Gasteiger charge is -2.18. The number of halogens is 1. The summed E-state index contributed by atoms with van der Waals surface area (Å²) < 4.78 is 12.1. The van der Waals surface area contributed by atoms with Crippen LogP contribution in [0.3, 0.4) is 0 Å². The zero-order valence-electron chi connectivity index (χ0n) is 20.0. The maximum Gasteiger partial charge on any atom is 0.323 e. The number of ether oxygens (including phenoxy) is 2. The summed E-state index contributed by atoms with van der Waals surface area (Å²) in [4.78, 5) is 15.4. The minimum Gasteiger partial charge on any atom is -0.488 e. The number of hydrogen-bond acceptors (Lipinski definition) is 6. The fraction of sp³-hybridized carbons (Fsp3) is 0.172. The average molecular weight is 519 g/mol. The van der Waals surface area contributed by atoms with E-state index in [1.807, 2.05) is 42.5 Å². The van der Waals surface area contributed by atoms with Crippen molar-refractivity contribution in [1.82, 2.24) is 10.3 Å². The fourth-order valence-electron chi connectivity index (χ4n) is 3.70. The number of carbonyl (C=O) groups is 1. The summed E-state index contributed by atoms with van der Waals surface area (Å²) in [5, 5.41) is 21.7. The molecule has 7 nitrogen and oxygen atoms in total. The van der Waals surface area contributed by atoms with Crippen LogP contribution >= 0.6 is 11.6 Å². The fourth-order valence-corrected chi connectivity index (χ4v) is 3.94. The highest BCUT2D eigenvalue weighted by molar-refractivity contribution is 6.32. The second-order valence-corrected chi connectivity index (χ2v) is 8.76. The number of hydrogen-bond donors (Lipinski definition) is 3. The van der Waals surface area contributed by atoms with E-state index in [4.69, 9.17) is 21.1 Å². The Balaban J connectivity index is 1.53. The Morgan fingerprint density at radius 1 is 0.892 bits per heavy atom. The molecule has 37 heavy (non-hydrogen) atoms. The van der Waals surface area contributed by atoms with E-state index in [9.17, 15) is 15.0 Å². The highest BCUT2D eigenvalue weighted by atomic mass is 35.5. The lowest BCUT2D eigenvalue weighted by Crippen LogP contribution is -2.39. The molecule has 0 aliphatic heterocycles. The first-order valence-corrected chi connectivity index (χ1v) is 12.1. The summed E-state index contributed by atoms with van der Waals surface area (Å²) >= 11 is 6.54. The predicted octanol–water partition coefficient (Wildman–Crippen LogP) is 5.10. The standard InChI is InChI=1S/C29H27ClN2O5/c30-25-13-24(16-32-26(17-33)29(34)35)27(36-19-21-7-5-11-31-15-21)14-28(25)37-18-20-6-4-10-23(12-20)22-8-2-1-3-9-22/h1-15,26,32-33H,16-19H2,(H,34,35). The molecule has 1 unspecified atom stereocenters. The molecule has 0 saturated carbocycles. The molecule has 0 radical (unpaired) electrons. The number of nitrogens with one attached hydrogen (secondary N) is 1. The van der Waals surface area contributed by atoms with Gasteiger partial charge in [0.25, 0.3) is 0 Å². The van der Waals surface area contributed by atoms with Crippen LogP contribution in [0.4, 0.5) is 0 Å². The van der Waals surface area contributed by atoms with Gasteiger partial charge < -0.3 is 19.7 Å². The Morgan fingerprint density at radius 2 is 1.62 bits per heavy atom. The van der Waals surface area contributed by atoms with Crippen LogP contribution in [0.2, 0.25) is 5.02 Å². The highest BCUT2D eigenvalue weighted by Crippen LogP contribution is 2.34. The first-order valence-electron chi connectivity index (χ1n) is 11.7. The van der Waals surface area contributed by atoms with Crippen molar-refractivity contribution in [1.29, 1.82) is 0 Å². The molecule has 1 heterocycles. The molecule has 0 spiro atoms. The molecular weight excluding hydrogens is 492 g/mol. The maximum atomic E-state index is 11.3. The Hall–Kier alpha value is -3.91. The Bertz CT molecular complexity index is 1320. The van der Waals surface area contributed by atoms with Gasteiger partial charge in [-0.25, -0.2) is 0 Å². The van der Waals surface area contributed by atoms with Crippen LogP contribution in [0, 0.1) is 0 Å². The number of pyridine rings is 1. The highest BCUT2D eigenvalue weighted by Gasteiger charge is 2.18. The van der Waals surface area contributed by atoms with Crippen LogP contribution in [0.5, 0.6) is 11.5 Å². The minimum absolute atomic E-state index is 0.124. The number of aliphatic hydroxyl groups is 1. The number of carboxylic acid groups (broad SMARTS) is 1. The summed E-state index contributed by atoms with van der Waals surface area (Å²) in [7, 11) is 0. The monoisotopic (exact) mass is 518 g/mol. The largest absolute Gasteiger partial charge is 0.488 e. The van der Waals surface area contributed by atoms with Crippen LogP contribution in [0.1, 0.15) is 16.7 Å². The molecular formula is C29H27ClN2O5. The zero-order valence-corrected chi connectivity index (χ0v) is 20.8.